The fourth-order valence-electron chi connectivity index (χ4n) is 3.48. The van der Waals surface area contributed by atoms with Gasteiger partial charge in [-0.1, -0.05) is 19.3 Å². The van der Waals surface area contributed by atoms with Crippen LogP contribution in [0.1, 0.15) is 61.7 Å². The first-order valence-corrected chi connectivity index (χ1v) is 7.42. The van der Waals surface area contributed by atoms with Crippen molar-refractivity contribution in [2.45, 2.75) is 58.3 Å². The first kappa shape index (κ1) is 14.9. The van der Waals surface area contributed by atoms with Crippen molar-refractivity contribution in [3.63, 3.8) is 0 Å². The molecule has 2 N–H and O–H groups in total. The molecule has 1 heterocycles. The van der Waals surface area contributed by atoms with Gasteiger partial charge in [-0.3, -0.25) is 4.79 Å². The van der Waals surface area contributed by atoms with Crippen molar-refractivity contribution >= 4 is 5.97 Å². The third kappa shape index (κ3) is 2.67. The molecule has 0 saturated heterocycles. The molecule has 1 aliphatic rings. The molecule has 0 amide bonds. The van der Waals surface area contributed by atoms with Gasteiger partial charge in [0.25, 0.3) is 0 Å². The van der Waals surface area contributed by atoms with E-state index in [9.17, 15) is 15.1 Å². The number of nitrogens with zero attached hydrogens (tertiary/aromatic N) is 2. The van der Waals surface area contributed by atoms with E-state index in [1.54, 1.807) is 0 Å². The van der Waals surface area contributed by atoms with Gasteiger partial charge < -0.3 is 10.3 Å². The van der Waals surface area contributed by atoms with Crippen molar-refractivity contribution in [3.05, 3.63) is 17.2 Å². The monoisotopic (exact) mass is 281 g/mol. The van der Waals surface area contributed by atoms with Gasteiger partial charge in [0.1, 0.15) is 5.69 Å². The van der Waals surface area contributed by atoms with E-state index in [0.717, 1.165) is 42.9 Å². The molecule has 1 aromatic heterocycles. The number of hydrogen-bond acceptors (Lipinski definition) is 2. The number of carbonyl (C=O) groups is 1. The number of hydrogen-bond donors (Lipinski definition) is 2. The van der Waals surface area contributed by atoms with Crippen LogP contribution in [-0.2, 0) is 11.8 Å². The maximum absolute atomic E-state index is 11.2. The van der Waals surface area contributed by atoms with E-state index in [-0.39, 0.29) is 12.3 Å². The highest BCUT2D eigenvalue weighted by Gasteiger charge is 2.38. The van der Waals surface area contributed by atoms with Crippen LogP contribution in [0.25, 0.3) is 0 Å². The van der Waals surface area contributed by atoms with Crippen molar-refractivity contribution in [2.75, 3.05) is 0 Å². The van der Waals surface area contributed by atoms with Gasteiger partial charge in [0, 0.05) is 13.8 Å². The van der Waals surface area contributed by atoms with E-state index in [4.69, 9.17) is 0 Å². The lowest BCUT2D eigenvalue weighted by atomic mass is 9.78. The van der Waals surface area contributed by atoms with Crippen molar-refractivity contribution < 1.29 is 19.7 Å². The van der Waals surface area contributed by atoms with Gasteiger partial charge in [-0.15, -0.1) is 0 Å². The van der Waals surface area contributed by atoms with Crippen LogP contribution in [-0.4, -0.2) is 21.0 Å². The molecule has 0 bridgehead atoms. The van der Waals surface area contributed by atoms with Gasteiger partial charge in [0.05, 0.1) is 19.4 Å². The smallest absolute Gasteiger partial charge is 0.304 e. The highest BCUT2D eigenvalue weighted by molar-refractivity contribution is 5.67. The highest BCUT2D eigenvalue weighted by atomic mass is 16.5. The molecule has 1 aromatic rings. The summed E-state index contributed by atoms with van der Waals surface area (Å²) >= 11 is 0. The van der Waals surface area contributed by atoms with Gasteiger partial charge in [-0.2, -0.15) is 0 Å². The number of carboxylic acids is 1. The van der Waals surface area contributed by atoms with Crippen molar-refractivity contribution in [1.82, 2.24) is 4.73 Å². The molecule has 1 aliphatic carbocycles. The third-order valence-corrected chi connectivity index (χ3v) is 4.85. The molecule has 20 heavy (non-hydrogen) atoms. The maximum Gasteiger partial charge on any atom is 0.304 e. The van der Waals surface area contributed by atoms with E-state index in [1.165, 1.54) is 11.2 Å². The molecule has 0 aliphatic heterocycles. The fraction of sp³-hybridized carbons (Fsp3) is 0.733. The lowest BCUT2D eigenvalue weighted by molar-refractivity contribution is -0.687. The minimum absolute atomic E-state index is 0.0853. The number of carboxylic acid groups (broad SMARTS) is 1. The van der Waals surface area contributed by atoms with Crippen molar-refractivity contribution in [2.24, 2.45) is 13.0 Å². The van der Waals surface area contributed by atoms with Crippen LogP contribution >= 0.6 is 0 Å². The van der Waals surface area contributed by atoms with Crippen molar-refractivity contribution in [3.8, 4) is 0 Å². The molecule has 5 nitrogen and oxygen atoms in total. The molecule has 1 fully saturated rings. The summed E-state index contributed by atoms with van der Waals surface area (Å²) < 4.78 is 3.13. The number of aromatic nitrogens is 2. The summed E-state index contributed by atoms with van der Waals surface area (Å²) in [6, 6.07) is 0. The Morgan fingerprint density at radius 2 is 1.95 bits per heavy atom. The average molecular weight is 281 g/mol. The van der Waals surface area contributed by atoms with Gasteiger partial charge in [-0.05, 0) is 23.5 Å². The largest absolute Gasteiger partial charge is 0.481 e. The zero-order valence-corrected chi connectivity index (χ0v) is 12.6. The second-order valence-electron chi connectivity index (χ2n) is 6.00. The summed E-state index contributed by atoms with van der Waals surface area (Å²) in [6.45, 7) is 3.81. The molecule has 1 atom stereocenters. The Kier molecular flexibility index (Phi) is 4.35. The van der Waals surface area contributed by atoms with Gasteiger partial charge >= 0.3 is 11.8 Å². The van der Waals surface area contributed by atoms with Crippen LogP contribution in [0.15, 0.2) is 0 Å². The molecular weight excluding hydrogens is 256 g/mol. The molecular formula is C15H25N2O3+. The predicted molar refractivity (Wildman–Crippen MR) is 73.8 cm³/mol. The normalized spacial score (nSPS) is 18.1. The summed E-state index contributed by atoms with van der Waals surface area (Å²) in [6.07, 6.45) is 5.76. The summed E-state index contributed by atoms with van der Waals surface area (Å²) in [5.74, 6) is 0.173. The van der Waals surface area contributed by atoms with Crippen LogP contribution < -0.4 is 4.57 Å². The van der Waals surface area contributed by atoms with Crippen molar-refractivity contribution in [1.29, 1.82) is 0 Å². The Labute approximate surface area is 119 Å². The minimum Gasteiger partial charge on any atom is -0.481 e. The average Bonchev–Trinajstić information content (AvgIpc) is 2.62. The summed E-state index contributed by atoms with van der Waals surface area (Å²) in [7, 11) is 1.90. The Bertz CT molecular complexity index is 476. The van der Waals surface area contributed by atoms with Gasteiger partial charge in [0.15, 0.2) is 5.69 Å². The Morgan fingerprint density at radius 1 is 1.35 bits per heavy atom. The van der Waals surface area contributed by atoms with E-state index in [0.29, 0.717) is 5.92 Å². The molecule has 0 aromatic carbocycles. The topological polar surface area (TPSA) is 66.3 Å². The first-order valence-electron chi connectivity index (χ1n) is 7.42. The van der Waals surface area contributed by atoms with E-state index in [1.807, 2.05) is 25.5 Å². The molecule has 0 spiro atoms. The standard InChI is InChI=1S/C15H24N2O3/c1-10-11(2)17(20)15(16(10)3)13(9-14(18)19)12-7-5-4-6-8-12/h12-13H,4-9H2,1-3H3,(H-,18,19,20)/p+1. The maximum atomic E-state index is 11.2. The van der Waals surface area contributed by atoms with Gasteiger partial charge in [-0.25, -0.2) is 4.57 Å². The van der Waals surface area contributed by atoms with E-state index >= 15 is 0 Å². The van der Waals surface area contributed by atoms with Crippen LogP contribution in [0.4, 0.5) is 0 Å². The fourth-order valence-corrected chi connectivity index (χ4v) is 3.48. The molecule has 5 heteroatoms. The molecule has 2 rings (SSSR count). The second-order valence-corrected chi connectivity index (χ2v) is 6.00. The van der Waals surface area contributed by atoms with Crippen LogP contribution in [0.2, 0.25) is 0 Å². The molecule has 1 unspecified atom stereocenters. The second kappa shape index (κ2) is 5.85. The first-order chi connectivity index (χ1) is 9.43. The van der Waals surface area contributed by atoms with Crippen LogP contribution in [0.3, 0.4) is 0 Å². The van der Waals surface area contributed by atoms with Crippen LogP contribution in [0, 0.1) is 19.8 Å². The quantitative estimate of drug-likeness (QED) is 0.657. The summed E-state index contributed by atoms with van der Waals surface area (Å²) in [4.78, 5) is 11.2. The summed E-state index contributed by atoms with van der Waals surface area (Å²) in [5, 5.41) is 19.5. The lowest BCUT2D eigenvalue weighted by Crippen LogP contribution is -2.39. The summed E-state index contributed by atoms with van der Waals surface area (Å²) in [5.41, 5.74) is 1.77. The number of imidazole rings is 1. The van der Waals surface area contributed by atoms with E-state index in [2.05, 4.69) is 0 Å². The number of rotatable bonds is 4. The SMILES string of the molecule is Cc1c(C)[n+](C)c(C(CC(=O)O)C2CCCCC2)n1O. The minimum atomic E-state index is -0.794. The third-order valence-electron chi connectivity index (χ3n) is 4.85. The Hall–Kier alpha value is -1.52. The van der Waals surface area contributed by atoms with Crippen LogP contribution in [0.5, 0.6) is 0 Å². The predicted octanol–water partition coefficient (Wildman–Crippen LogP) is 2.31. The molecule has 0 radical (unpaired) electrons. The van der Waals surface area contributed by atoms with E-state index < -0.39 is 5.97 Å². The molecule has 1 saturated carbocycles. The number of aliphatic carboxylic acids is 1. The highest BCUT2D eigenvalue weighted by Crippen LogP contribution is 2.37. The Balaban J connectivity index is 2.40. The zero-order valence-electron chi connectivity index (χ0n) is 12.6. The zero-order chi connectivity index (χ0) is 14.9. The lowest BCUT2D eigenvalue weighted by Gasteiger charge is -2.26. The Morgan fingerprint density at radius 3 is 2.40 bits per heavy atom. The van der Waals surface area contributed by atoms with Gasteiger partial charge in [0.2, 0.25) is 0 Å². The molecule has 112 valence electrons.